The highest BCUT2D eigenvalue weighted by molar-refractivity contribution is 9.10. The van der Waals surface area contributed by atoms with E-state index in [-0.39, 0.29) is 5.91 Å². The standard InChI is InChI=1S/C21H15Br2N5O/c22-17-6-16(8-24-9-17)13-1-2-15-11-27(4-3-14(15)5-13)21(29)19-7-20-25-10-18(23)12-28(20)26-19/h1-2,5-10,12H,3-4,11H2. The lowest BCUT2D eigenvalue weighted by atomic mass is 9.95. The molecule has 1 amide bonds. The molecule has 0 radical (unpaired) electrons. The van der Waals surface area contributed by atoms with Gasteiger partial charge in [-0.3, -0.25) is 9.78 Å². The first kappa shape index (κ1) is 18.4. The smallest absolute Gasteiger partial charge is 0.274 e. The van der Waals surface area contributed by atoms with Crippen molar-refractivity contribution in [3.05, 3.63) is 80.9 Å². The number of fused-ring (bicyclic) bond motifs is 2. The summed E-state index contributed by atoms with van der Waals surface area (Å²) >= 11 is 6.85. The summed E-state index contributed by atoms with van der Waals surface area (Å²) in [7, 11) is 0. The second kappa shape index (κ2) is 7.35. The summed E-state index contributed by atoms with van der Waals surface area (Å²) < 4.78 is 3.39. The third kappa shape index (κ3) is 3.58. The third-order valence-corrected chi connectivity index (χ3v) is 5.89. The molecule has 144 valence electrons. The lowest BCUT2D eigenvalue weighted by Gasteiger charge is -2.28. The van der Waals surface area contributed by atoms with Crippen molar-refractivity contribution in [1.82, 2.24) is 24.5 Å². The molecular weight excluding hydrogens is 498 g/mol. The Morgan fingerprint density at radius 3 is 2.72 bits per heavy atom. The van der Waals surface area contributed by atoms with Crippen LogP contribution in [0.3, 0.4) is 0 Å². The first-order valence-corrected chi connectivity index (χ1v) is 10.7. The molecule has 29 heavy (non-hydrogen) atoms. The first-order chi connectivity index (χ1) is 14.1. The van der Waals surface area contributed by atoms with Crippen LogP contribution in [0.15, 0.2) is 64.1 Å². The molecule has 0 N–H and O–H groups in total. The van der Waals surface area contributed by atoms with E-state index in [1.807, 2.05) is 11.1 Å². The van der Waals surface area contributed by atoms with Gasteiger partial charge in [0.1, 0.15) is 0 Å². The number of pyridine rings is 1. The lowest BCUT2D eigenvalue weighted by Crippen LogP contribution is -2.36. The zero-order valence-corrected chi connectivity index (χ0v) is 18.4. The van der Waals surface area contributed by atoms with Crippen LogP contribution in [-0.4, -0.2) is 36.9 Å². The minimum absolute atomic E-state index is 0.0717. The van der Waals surface area contributed by atoms with Crippen LogP contribution in [0.1, 0.15) is 21.6 Å². The molecule has 0 aliphatic carbocycles. The molecule has 0 saturated heterocycles. The average molecular weight is 513 g/mol. The fraction of sp³-hybridized carbons (Fsp3) is 0.143. The number of halogens is 2. The molecular formula is C21H15Br2N5O. The molecule has 0 unspecified atom stereocenters. The van der Waals surface area contributed by atoms with Crippen LogP contribution < -0.4 is 0 Å². The van der Waals surface area contributed by atoms with Crippen molar-refractivity contribution in [3.63, 3.8) is 0 Å². The van der Waals surface area contributed by atoms with Crippen LogP contribution in [0.4, 0.5) is 0 Å². The predicted octanol–water partition coefficient (Wildman–Crippen LogP) is 4.51. The summed E-state index contributed by atoms with van der Waals surface area (Å²) in [5, 5.41) is 4.39. The number of aromatic nitrogens is 4. The van der Waals surface area contributed by atoms with Gasteiger partial charge in [-0.15, -0.1) is 0 Å². The van der Waals surface area contributed by atoms with Crippen molar-refractivity contribution >= 4 is 43.4 Å². The Kier molecular flexibility index (Phi) is 4.67. The zero-order chi connectivity index (χ0) is 20.0. The normalized spacial score (nSPS) is 13.5. The number of rotatable bonds is 2. The Balaban J connectivity index is 1.39. The van der Waals surface area contributed by atoms with Crippen molar-refractivity contribution < 1.29 is 4.79 Å². The summed E-state index contributed by atoms with van der Waals surface area (Å²) in [5.41, 5.74) is 5.71. The lowest BCUT2D eigenvalue weighted by molar-refractivity contribution is 0.0728. The maximum Gasteiger partial charge on any atom is 0.274 e. The van der Waals surface area contributed by atoms with E-state index >= 15 is 0 Å². The van der Waals surface area contributed by atoms with E-state index in [0.29, 0.717) is 24.4 Å². The number of amides is 1. The Hall–Kier alpha value is -2.58. The van der Waals surface area contributed by atoms with Gasteiger partial charge >= 0.3 is 0 Å². The Labute approximate surface area is 183 Å². The summed E-state index contributed by atoms with van der Waals surface area (Å²) in [6.07, 6.45) is 7.94. The molecule has 1 aliphatic heterocycles. The molecule has 1 aromatic carbocycles. The number of carbonyl (C=O) groups is 1. The Bertz CT molecular complexity index is 1250. The molecule has 0 saturated carbocycles. The second-order valence-electron chi connectivity index (χ2n) is 6.96. The van der Waals surface area contributed by atoms with Gasteiger partial charge in [-0.1, -0.05) is 18.2 Å². The molecule has 1 aliphatic rings. The van der Waals surface area contributed by atoms with Crippen molar-refractivity contribution in [3.8, 4) is 11.1 Å². The van der Waals surface area contributed by atoms with Crippen molar-refractivity contribution in [2.45, 2.75) is 13.0 Å². The van der Waals surface area contributed by atoms with Gasteiger partial charge in [-0.25, -0.2) is 9.50 Å². The van der Waals surface area contributed by atoms with Crippen LogP contribution in [-0.2, 0) is 13.0 Å². The van der Waals surface area contributed by atoms with E-state index in [4.69, 9.17) is 0 Å². The van der Waals surface area contributed by atoms with Crippen LogP contribution in [0.5, 0.6) is 0 Å². The maximum atomic E-state index is 13.0. The summed E-state index contributed by atoms with van der Waals surface area (Å²) in [6, 6.07) is 10.2. The highest BCUT2D eigenvalue weighted by Gasteiger charge is 2.24. The zero-order valence-electron chi connectivity index (χ0n) is 15.2. The van der Waals surface area contributed by atoms with Crippen LogP contribution in [0.25, 0.3) is 16.8 Å². The summed E-state index contributed by atoms with van der Waals surface area (Å²) in [4.78, 5) is 23.4. The predicted molar refractivity (Wildman–Crippen MR) is 117 cm³/mol. The van der Waals surface area contributed by atoms with Gasteiger partial charge in [-0.2, -0.15) is 5.10 Å². The Morgan fingerprint density at radius 2 is 1.86 bits per heavy atom. The number of hydrogen-bond donors (Lipinski definition) is 0. The fourth-order valence-corrected chi connectivity index (χ4v) is 4.26. The van der Waals surface area contributed by atoms with E-state index in [9.17, 15) is 4.79 Å². The molecule has 0 spiro atoms. The second-order valence-corrected chi connectivity index (χ2v) is 8.79. The van der Waals surface area contributed by atoms with Crippen LogP contribution in [0, 0.1) is 0 Å². The molecule has 8 heteroatoms. The maximum absolute atomic E-state index is 13.0. The topological polar surface area (TPSA) is 63.4 Å². The SMILES string of the molecule is O=C(c1cc2ncc(Br)cn2n1)N1CCc2cc(-c3cncc(Br)c3)ccc2C1. The third-order valence-electron chi connectivity index (χ3n) is 5.04. The molecule has 5 rings (SSSR count). The number of hydrogen-bond acceptors (Lipinski definition) is 4. The van der Waals surface area contributed by atoms with E-state index in [1.165, 1.54) is 11.1 Å². The molecule has 4 heterocycles. The quantitative estimate of drug-likeness (QED) is 0.396. The first-order valence-electron chi connectivity index (χ1n) is 9.10. The van der Waals surface area contributed by atoms with Gasteiger partial charge in [-0.05, 0) is 61.0 Å². The summed E-state index contributed by atoms with van der Waals surface area (Å²) in [6.45, 7) is 1.24. The van der Waals surface area contributed by atoms with Crippen LogP contribution in [0.2, 0.25) is 0 Å². The highest BCUT2D eigenvalue weighted by Crippen LogP contribution is 2.28. The highest BCUT2D eigenvalue weighted by atomic mass is 79.9. The minimum Gasteiger partial charge on any atom is -0.333 e. The molecule has 0 bridgehead atoms. The monoisotopic (exact) mass is 511 g/mol. The molecule has 0 atom stereocenters. The number of nitrogens with zero attached hydrogens (tertiary/aromatic N) is 5. The number of carbonyl (C=O) groups excluding carboxylic acids is 1. The van der Waals surface area contributed by atoms with E-state index in [2.05, 4.69) is 71.2 Å². The van der Waals surface area contributed by atoms with Crippen molar-refractivity contribution in [2.75, 3.05) is 6.54 Å². The minimum atomic E-state index is -0.0717. The molecule has 3 aromatic heterocycles. The molecule has 6 nitrogen and oxygen atoms in total. The molecule has 4 aromatic rings. The van der Waals surface area contributed by atoms with Gasteiger partial charge < -0.3 is 4.90 Å². The number of benzene rings is 1. The fourth-order valence-electron chi connectivity index (χ4n) is 3.60. The van der Waals surface area contributed by atoms with Gasteiger partial charge in [0.05, 0.1) is 4.47 Å². The van der Waals surface area contributed by atoms with E-state index in [1.54, 1.807) is 29.2 Å². The van der Waals surface area contributed by atoms with Gasteiger partial charge in [0.25, 0.3) is 5.91 Å². The van der Waals surface area contributed by atoms with Gasteiger partial charge in [0.15, 0.2) is 11.3 Å². The van der Waals surface area contributed by atoms with Crippen molar-refractivity contribution in [2.24, 2.45) is 0 Å². The van der Waals surface area contributed by atoms with E-state index < -0.39 is 0 Å². The Morgan fingerprint density at radius 1 is 0.966 bits per heavy atom. The summed E-state index contributed by atoms with van der Waals surface area (Å²) in [5.74, 6) is -0.0717. The van der Waals surface area contributed by atoms with Gasteiger partial charge in [0.2, 0.25) is 0 Å². The largest absolute Gasteiger partial charge is 0.333 e. The van der Waals surface area contributed by atoms with Crippen molar-refractivity contribution in [1.29, 1.82) is 0 Å². The van der Waals surface area contributed by atoms with Crippen LogP contribution >= 0.6 is 31.9 Å². The average Bonchev–Trinajstić information content (AvgIpc) is 3.15. The van der Waals surface area contributed by atoms with Gasteiger partial charge in [0, 0.05) is 54.0 Å². The molecule has 0 fully saturated rings. The van der Waals surface area contributed by atoms with E-state index in [0.717, 1.165) is 26.5 Å².